The van der Waals surface area contributed by atoms with Crippen LogP contribution in [0.15, 0.2) is 42.6 Å². The molecule has 2 aromatic heterocycles. The standard InChI is InChI=1S/C16H17ClN2S/c1-11(18)9-12-3-2-4-15-14(12)7-8-19(15)10-13-5-6-16(17)20-13/h2-8,11H,9-10,18H2,1H3. The van der Waals surface area contributed by atoms with Crippen LogP contribution in [-0.2, 0) is 13.0 Å². The summed E-state index contributed by atoms with van der Waals surface area (Å²) >= 11 is 7.63. The van der Waals surface area contributed by atoms with E-state index in [1.165, 1.54) is 21.3 Å². The van der Waals surface area contributed by atoms with Gasteiger partial charge in [-0.15, -0.1) is 11.3 Å². The van der Waals surface area contributed by atoms with Crippen LogP contribution < -0.4 is 5.73 Å². The quantitative estimate of drug-likeness (QED) is 0.765. The molecular formula is C16H17ClN2S. The molecular weight excluding hydrogens is 288 g/mol. The van der Waals surface area contributed by atoms with E-state index in [4.69, 9.17) is 17.3 Å². The number of halogens is 1. The van der Waals surface area contributed by atoms with Crippen molar-refractivity contribution < 1.29 is 0 Å². The van der Waals surface area contributed by atoms with Gasteiger partial charge in [-0.05, 0) is 43.2 Å². The Bertz CT molecular complexity index is 727. The molecule has 0 radical (unpaired) electrons. The number of hydrogen-bond acceptors (Lipinski definition) is 2. The molecule has 0 aliphatic heterocycles. The van der Waals surface area contributed by atoms with Crippen molar-refractivity contribution in [3.8, 4) is 0 Å². The summed E-state index contributed by atoms with van der Waals surface area (Å²) in [6, 6.07) is 12.8. The normalized spacial score (nSPS) is 12.9. The van der Waals surface area contributed by atoms with Gasteiger partial charge in [0.25, 0.3) is 0 Å². The second-order valence-electron chi connectivity index (χ2n) is 5.18. The van der Waals surface area contributed by atoms with Crippen LogP contribution in [0.4, 0.5) is 0 Å². The predicted molar refractivity (Wildman–Crippen MR) is 87.7 cm³/mol. The molecule has 0 fully saturated rings. The highest BCUT2D eigenvalue weighted by Crippen LogP contribution is 2.26. The third-order valence-electron chi connectivity index (χ3n) is 3.40. The van der Waals surface area contributed by atoms with Crippen LogP contribution in [0.3, 0.4) is 0 Å². The van der Waals surface area contributed by atoms with E-state index >= 15 is 0 Å². The smallest absolute Gasteiger partial charge is 0.0931 e. The van der Waals surface area contributed by atoms with Gasteiger partial charge in [0.1, 0.15) is 0 Å². The van der Waals surface area contributed by atoms with Gasteiger partial charge in [0, 0.05) is 28.0 Å². The maximum Gasteiger partial charge on any atom is 0.0931 e. The van der Waals surface area contributed by atoms with E-state index < -0.39 is 0 Å². The maximum absolute atomic E-state index is 6.00. The Kier molecular flexibility index (Phi) is 3.83. The molecule has 3 rings (SSSR count). The zero-order valence-corrected chi connectivity index (χ0v) is 12.9. The van der Waals surface area contributed by atoms with Crippen molar-refractivity contribution in [1.82, 2.24) is 4.57 Å². The highest BCUT2D eigenvalue weighted by molar-refractivity contribution is 7.16. The molecule has 0 aliphatic carbocycles. The second-order valence-corrected chi connectivity index (χ2v) is 6.98. The predicted octanol–water partition coefficient (Wildman–Crippen LogP) is 4.29. The Morgan fingerprint density at radius 1 is 1.25 bits per heavy atom. The van der Waals surface area contributed by atoms with Crippen molar-refractivity contribution in [2.75, 3.05) is 0 Å². The first-order chi connectivity index (χ1) is 9.63. The maximum atomic E-state index is 6.00. The number of rotatable bonds is 4. The Morgan fingerprint density at radius 2 is 2.10 bits per heavy atom. The molecule has 20 heavy (non-hydrogen) atoms. The van der Waals surface area contributed by atoms with Crippen LogP contribution >= 0.6 is 22.9 Å². The van der Waals surface area contributed by atoms with Gasteiger partial charge in [-0.3, -0.25) is 0 Å². The fourth-order valence-electron chi connectivity index (χ4n) is 2.55. The molecule has 1 aromatic carbocycles. The second kappa shape index (κ2) is 5.60. The summed E-state index contributed by atoms with van der Waals surface area (Å²) in [6.45, 7) is 2.91. The molecule has 0 amide bonds. The molecule has 3 aromatic rings. The summed E-state index contributed by atoms with van der Waals surface area (Å²) in [6.07, 6.45) is 3.05. The molecule has 1 unspecified atom stereocenters. The van der Waals surface area contributed by atoms with E-state index in [0.29, 0.717) is 0 Å². The average molecular weight is 305 g/mol. The molecule has 0 bridgehead atoms. The number of nitrogens with zero attached hydrogens (tertiary/aromatic N) is 1. The van der Waals surface area contributed by atoms with Crippen LogP contribution in [0.1, 0.15) is 17.4 Å². The van der Waals surface area contributed by atoms with E-state index in [1.54, 1.807) is 11.3 Å². The first-order valence-electron chi connectivity index (χ1n) is 6.70. The fraction of sp³-hybridized carbons (Fsp3) is 0.250. The zero-order chi connectivity index (χ0) is 14.1. The highest BCUT2D eigenvalue weighted by atomic mass is 35.5. The van der Waals surface area contributed by atoms with Crippen molar-refractivity contribution in [3.63, 3.8) is 0 Å². The molecule has 0 saturated carbocycles. The molecule has 104 valence electrons. The minimum Gasteiger partial charge on any atom is -0.342 e. The van der Waals surface area contributed by atoms with Gasteiger partial charge < -0.3 is 10.3 Å². The lowest BCUT2D eigenvalue weighted by Crippen LogP contribution is -2.17. The zero-order valence-electron chi connectivity index (χ0n) is 11.3. The van der Waals surface area contributed by atoms with Gasteiger partial charge in [-0.1, -0.05) is 23.7 Å². The topological polar surface area (TPSA) is 30.9 Å². The first-order valence-corrected chi connectivity index (χ1v) is 7.89. The van der Waals surface area contributed by atoms with Crippen molar-refractivity contribution in [3.05, 3.63) is 57.4 Å². The van der Waals surface area contributed by atoms with Crippen molar-refractivity contribution >= 4 is 33.8 Å². The average Bonchev–Trinajstić information content (AvgIpc) is 2.97. The van der Waals surface area contributed by atoms with Gasteiger partial charge in [0.2, 0.25) is 0 Å². The largest absolute Gasteiger partial charge is 0.342 e. The summed E-state index contributed by atoms with van der Waals surface area (Å²) in [5.74, 6) is 0. The van der Waals surface area contributed by atoms with E-state index in [-0.39, 0.29) is 6.04 Å². The summed E-state index contributed by atoms with van der Waals surface area (Å²) in [5.41, 5.74) is 8.51. The lowest BCUT2D eigenvalue weighted by atomic mass is 10.0. The van der Waals surface area contributed by atoms with E-state index in [9.17, 15) is 0 Å². The van der Waals surface area contributed by atoms with E-state index in [2.05, 4.69) is 41.1 Å². The van der Waals surface area contributed by atoms with Crippen LogP contribution in [-0.4, -0.2) is 10.6 Å². The summed E-state index contributed by atoms with van der Waals surface area (Å²) in [7, 11) is 0. The lowest BCUT2D eigenvalue weighted by molar-refractivity contribution is 0.741. The van der Waals surface area contributed by atoms with Crippen LogP contribution in [0.2, 0.25) is 4.34 Å². The molecule has 0 spiro atoms. The first kappa shape index (κ1) is 13.7. The molecule has 2 N–H and O–H groups in total. The van der Waals surface area contributed by atoms with Gasteiger partial charge >= 0.3 is 0 Å². The van der Waals surface area contributed by atoms with Crippen molar-refractivity contribution in [1.29, 1.82) is 0 Å². The number of hydrogen-bond donors (Lipinski definition) is 1. The number of benzene rings is 1. The van der Waals surface area contributed by atoms with E-state index in [1.807, 2.05) is 13.0 Å². The number of nitrogens with two attached hydrogens (primary N) is 1. The summed E-state index contributed by atoms with van der Waals surface area (Å²) < 4.78 is 3.11. The third-order valence-corrected chi connectivity index (χ3v) is 4.62. The SMILES string of the molecule is CC(N)Cc1cccc2c1ccn2Cc1ccc(Cl)s1. The molecule has 2 heterocycles. The minimum absolute atomic E-state index is 0.181. The molecule has 2 nitrogen and oxygen atoms in total. The van der Waals surface area contributed by atoms with Crippen LogP contribution in [0.5, 0.6) is 0 Å². The lowest BCUT2D eigenvalue weighted by Gasteiger charge is -2.08. The number of thiophene rings is 1. The molecule has 0 aliphatic rings. The monoisotopic (exact) mass is 304 g/mol. The molecule has 0 saturated heterocycles. The van der Waals surface area contributed by atoms with Gasteiger partial charge in [-0.2, -0.15) is 0 Å². The summed E-state index contributed by atoms with van der Waals surface area (Å²) in [5, 5.41) is 1.30. The number of aromatic nitrogens is 1. The van der Waals surface area contributed by atoms with Gasteiger partial charge in [0.05, 0.1) is 10.9 Å². The minimum atomic E-state index is 0.181. The fourth-order valence-corrected chi connectivity index (χ4v) is 3.64. The van der Waals surface area contributed by atoms with Crippen LogP contribution in [0, 0.1) is 0 Å². The van der Waals surface area contributed by atoms with Crippen molar-refractivity contribution in [2.45, 2.75) is 25.9 Å². The van der Waals surface area contributed by atoms with E-state index in [0.717, 1.165) is 17.3 Å². The third kappa shape index (κ3) is 2.75. The Hall–Kier alpha value is -1.29. The Morgan fingerprint density at radius 3 is 2.80 bits per heavy atom. The van der Waals surface area contributed by atoms with Gasteiger partial charge in [0.15, 0.2) is 0 Å². The van der Waals surface area contributed by atoms with Gasteiger partial charge in [-0.25, -0.2) is 0 Å². The molecule has 4 heteroatoms. The summed E-state index contributed by atoms with van der Waals surface area (Å²) in [4.78, 5) is 1.27. The Labute approximate surface area is 127 Å². The van der Waals surface area contributed by atoms with Crippen LogP contribution in [0.25, 0.3) is 10.9 Å². The number of fused-ring (bicyclic) bond motifs is 1. The highest BCUT2D eigenvalue weighted by Gasteiger charge is 2.08. The molecule has 1 atom stereocenters. The van der Waals surface area contributed by atoms with Crippen molar-refractivity contribution in [2.24, 2.45) is 5.73 Å². The Balaban J connectivity index is 1.97.